The summed E-state index contributed by atoms with van der Waals surface area (Å²) in [5.41, 5.74) is 0.298. The normalized spacial score (nSPS) is 10.3. The predicted molar refractivity (Wildman–Crippen MR) is 62.5 cm³/mol. The Labute approximate surface area is 94.7 Å². The molecule has 0 aromatic rings. The molecule has 0 aliphatic carbocycles. The fourth-order valence-corrected chi connectivity index (χ4v) is 1.02. The van der Waals surface area contributed by atoms with E-state index in [9.17, 15) is 4.79 Å². The molecule has 0 saturated carbocycles. The molecule has 0 atom stereocenters. The summed E-state index contributed by atoms with van der Waals surface area (Å²) >= 11 is 7.91. The van der Waals surface area contributed by atoms with Crippen LogP contribution in [0.4, 0.5) is 0 Å². The van der Waals surface area contributed by atoms with E-state index in [0.717, 1.165) is 6.42 Å². The highest BCUT2D eigenvalue weighted by Gasteiger charge is 2.09. The van der Waals surface area contributed by atoms with Gasteiger partial charge in [0.1, 0.15) is 6.61 Å². The molecule has 3 nitrogen and oxygen atoms in total. The van der Waals surface area contributed by atoms with Crippen molar-refractivity contribution in [3.63, 3.8) is 0 Å². The Hall–Kier alpha value is -0.390. The average molecular weight is 234 g/mol. The first-order valence-electron chi connectivity index (χ1n) is 4.20. The molecule has 14 heavy (non-hydrogen) atoms. The number of aliphatic hydroxyl groups is 1. The summed E-state index contributed by atoms with van der Waals surface area (Å²) in [6.07, 6.45) is 4.22. The Morgan fingerprint density at radius 2 is 2.14 bits per heavy atom. The molecule has 5 heteroatoms. The Kier molecular flexibility index (Phi) is 7.74. The van der Waals surface area contributed by atoms with Crippen LogP contribution in [0.25, 0.3) is 0 Å². The molecule has 0 unspecified atom stereocenters. The molecule has 0 aromatic heterocycles. The van der Waals surface area contributed by atoms with Crippen molar-refractivity contribution < 1.29 is 14.6 Å². The molecule has 0 aromatic carbocycles. The van der Waals surface area contributed by atoms with E-state index in [0.29, 0.717) is 9.81 Å². The molecule has 0 spiro atoms. The number of rotatable bonds is 5. The van der Waals surface area contributed by atoms with Gasteiger partial charge in [-0.2, -0.15) is 0 Å². The van der Waals surface area contributed by atoms with Crippen molar-refractivity contribution in [2.45, 2.75) is 13.3 Å². The number of esters is 1. The summed E-state index contributed by atoms with van der Waals surface area (Å²) in [6, 6.07) is 0. The minimum absolute atomic E-state index is 0.0167. The molecule has 0 rings (SSSR count). The SMILES string of the molecule is CCC=CC(C(=O)OCCO)=C(S)S. The molecule has 0 fully saturated rings. The molecule has 0 radical (unpaired) electrons. The van der Waals surface area contributed by atoms with Crippen LogP contribution in [0.5, 0.6) is 0 Å². The maximum absolute atomic E-state index is 11.3. The van der Waals surface area contributed by atoms with Crippen molar-refractivity contribution >= 4 is 31.2 Å². The average Bonchev–Trinajstić information content (AvgIpc) is 2.14. The molecule has 0 bridgehead atoms. The van der Waals surface area contributed by atoms with Crippen LogP contribution in [0.3, 0.4) is 0 Å². The third-order valence-electron chi connectivity index (χ3n) is 1.31. The maximum Gasteiger partial charge on any atom is 0.339 e. The highest BCUT2D eigenvalue weighted by atomic mass is 32.2. The molecular weight excluding hydrogens is 220 g/mol. The van der Waals surface area contributed by atoms with Gasteiger partial charge in [0.25, 0.3) is 0 Å². The first kappa shape index (κ1) is 13.6. The summed E-state index contributed by atoms with van der Waals surface area (Å²) in [5, 5.41) is 8.46. The number of hydrogen-bond acceptors (Lipinski definition) is 5. The lowest BCUT2D eigenvalue weighted by atomic mass is 10.2. The van der Waals surface area contributed by atoms with E-state index in [2.05, 4.69) is 25.3 Å². The van der Waals surface area contributed by atoms with Crippen molar-refractivity contribution in [3.8, 4) is 0 Å². The number of carbonyl (C=O) groups is 1. The second-order valence-corrected chi connectivity index (χ2v) is 3.65. The fourth-order valence-electron chi connectivity index (χ4n) is 0.686. The van der Waals surface area contributed by atoms with Crippen molar-refractivity contribution in [3.05, 3.63) is 22.0 Å². The Morgan fingerprint density at radius 1 is 1.50 bits per heavy atom. The van der Waals surface area contributed by atoms with Crippen molar-refractivity contribution in [2.24, 2.45) is 0 Å². The largest absolute Gasteiger partial charge is 0.460 e. The van der Waals surface area contributed by atoms with Gasteiger partial charge in [0, 0.05) is 4.24 Å². The van der Waals surface area contributed by atoms with Gasteiger partial charge in [-0.1, -0.05) is 19.1 Å². The van der Waals surface area contributed by atoms with Crippen LogP contribution in [0.2, 0.25) is 0 Å². The van der Waals surface area contributed by atoms with Crippen LogP contribution >= 0.6 is 25.3 Å². The van der Waals surface area contributed by atoms with Crippen LogP contribution in [0.15, 0.2) is 22.0 Å². The zero-order chi connectivity index (χ0) is 11.0. The molecule has 0 aliphatic rings. The highest BCUT2D eigenvalue weighted by molar-refractivity contribution is 8.05. The quantitative estimate of drug-likeness (QED) is 0.293. The van der Waals surface area contributed by atoms with Gasteiger partial charge in [0.2, 0.25) is 0 Å². The summed E-state index contributed by atoms with van der Waals surface area (Å²) in [5.74, 6) is -0.524. The van der Waals surface area contributed by atoms with E-state index >= 15 is 0 Å². The molecule has 1 N–H and O–H groups in total. The number of allylic oxidation sites excluding steroid dienone is 1. The van der Waals surface area contributed by atoms with E-state index in [1.54, 1.807) is 6.08 Å². The minimum atomic E-state index is -0.524. The van der Waals surface area contributed by atoms with Crippen LogP contribution in [0, 0.1) is 0 Å². The molecule has 80 valence electrons. The van der Waals surface area contributed by atoms with Crippen LogP contribution in [-0.4, -0.2) is 24.3 Å². The van der Waals surface area contributed by atoms with Crippen LogP contribution in [-0.2, 0) is 9.53 Å². The Balaban J connectivity index is 4.45. The molecule has 0 amide bonds. The van der Waals surface area contributed by atoms with Crippen molar-refractivity contribution in [1.82, 2.24) is 0 Å². The molecule has 0 heterocycles. The topological polar surface area (TPSA) is 46.5 Å². The van der Waals surface area contributed by atoms with Crippen LogP contribution < -0.4 is 0 Å². The van der Waals surface area contributed by atoms with Crippen molar-refractivity contribution in [2.75, 3.05) is 13.2 Å². The van der Waals surface area contributed by atoms with Gasteiger partial charge in [-0.25, -0.2) is 4.79 Å². The first-order chi connectivity index (χ1) is 6.63. The number of thiol groups is 2. The standard InChI is InChI=1S/C9H14O3S2/c1-2-3-4-7(9(13)14)8(11)12-6-5-10/h3-4,10,13-14H,2,5-6H2,1H3. The molecule has 0 aliphatic heterocycles. The van der Waals surface area contributed by atoms with E-state index in [1.807, 2.05) is 13.0 Å². The van der Waals surface area contributed by atoms with Gasteiger partial charge in [-0.15, -0.1) is 25.3 Å². The summed E-state index contributed by atoms with van der Waals surface area (Å²) in [7, 11) is 0. The number of ether oxygens (including phenoxy) is 1. The highest BCUT2D eigenvalue weighted by Crippen LogP contribution is 2.16. The number of carbonyl (C=O) groups excluding carboxylic acids is 1. The Morgan fingerprint density at radius 3 is 2.57 bits per heavy atom. The summed E-state index contributed by atoms with van der Waals surface area (Å²) < 4.78 is 5.02. The monoisotopic (exact) mass is 234 g/mol. The smallest absolute Gasteiger partial charge is 0.339 e. The van der Waals surface area contributed by atoms with Crippen LogP contribution in [0.1, 0.15) is 13.3 Å². The minimum Gasteiger partial charge on any atom is -0.460 e. The third-order valence-corrected chi connectivity index (χ3v) is 1.79. The zero-order valence-electron chi connectivity index (χ0n) is 7.93. The van der Waals surface area contributed by atoms with Crippen molar-refractivity contribution in [1.29, 1.82) is 0 Å². The lowest BCUT2D eigenvalue weighted by Crippen LogP contribution is -2.10. The van der Waals surface area contributed by atoms with Gasteiger partial charge in [0.15, 0.2) is 0 Å². The fraction of sp³-hybridized carbons (Fsp3) is 0.444. The van der Waals surface area contributed by atoms with Gasteiger partial charge in [0.05, 0.1) is 12.2 Å². The van der Waals surface area contributed by atoms with E-state index in [4.69, 9.17) is 9.84 Å². The first-order valence-corrected chi connectivity index (χ1v) is 5.09. The predicted octanol–water partition coefficient (Wildman–Crippen LogP) is 1.56. The number of aliphatic hydroxyl groups excluding tert-OH is 1. The molecular formula is C9H14O3S2. The van der Waals surface area contributed by atoms with Gasteiger partial charge < -0.3 is 9.84 Å². The van der Waals surface area contributed by atoms with Gasteiger partial charge in [-0.3, -0.25) is 0 Å². The van der Waals surface area contributed by atoms with Gasteiger partial charge >= 0.3 is 5.97 Å². The summed E-state index contributed by atoms with van der Waals surface area (Å²) in [6.45, 7) is 1.74. The Bertz CT molecular complexity index is 242. The maximum atomic E-state index is 11.3. The lowest BCUT2D eigenvalue weighted by molar-refractivity contribution is -0.139. The third kappa shape index (κ3) is 5.36. The second kappa shape index (κ2) is 7.96. The summed E-state index contributed by atoms with van der Waals surface area (Å²) in [4.78, 5) is 11.3. The van der Waals surface area contributed by atoms with E-state index < -0.39 is 5.97 Å². The zero-order valence-corrected chi connectivity index (χ0v) is 9.72. The van der Waals surface area contributed by atoms with E-state index in [1.165, 1.54) is 0 Å². The van der Waals surface area contributed by atoms with Gasteiger partial charge in [-0.05, 0) is 6.42 Å². The van der Waals surface area contributed by atoms with E-state index in [-0.39, 0.29) is 13.2 Å². The molecule has 0 saturated heterocycles. The number of hydrogen-bond donors (Lipinski definition) is 3. The lowest BCUT2D eigenvalue weighted by Gasteiger charge is -2.04. The second-order valence-electron chi connectivity index (χ2n) is 2.41.